The second kappa shape index (κ2) is 8.11. The van der Waals surface area contributed by atoms with Crippen LogP contribution in [0.25, 0.3) is 0 Å². The van der Waals surface area contributed by atoms with Crippen LogP contribution in [0, 0.1) is 0 Å². The molecule has 0 atom stereocenters. The molecule has 70 valence electrons. The molecule has 0 fully saturated rings. The maximum Gasteiger partial charge on any atom is 0.229 e. The molecule has 0 aliphatic carbocycles. The normalized spacial score (nSPS) is 12.3. The first-order valence-electron chi connectivity index (χ1n) is 4.33. The highest BCUT2D eigenvalue weighted by molar-refractivity contribution is 5.76. The van der Waals surface area contributed by atoms with Gasteiger partial charge in [-0.15, -0.1) is 0 Å². The van der Waals surface area contributed by atoms with Gasteiger partial charge in [0.2, 0.25) is 5.90 Å². The smallest absolute Gasteiger partial charge is 0.229 e. The summed E-state index contributed by atoms with van der Waals surface area (Å²) in [5.41, 5.74) is 0. The molecule has 0 spiro atoms. The zero-order valence-electron chi connectivity index (χ0n) is 7.79. The summed E-state index contributed by atoms with van der Waals surface area (Å²) in [4.78, 5) is 0. The van der Waals surface area contributed by atoms with E-state index in [2.05, 4.69) is 18.2 Å². The SMILES string of the molecule is CCC/C=C/C/C(=N\O)OCC. The number of rotatable bonds is 5. The van der Waals surface area contributed by atoms with Gasteiger partial charge in [0.1, 0.15) is 0 Å². The van der Waals surface area contributed by atoms with Crippen molar-refractivity contribution in [3.63, 3.8) is 0 Å². The van der Waals surface area contributed by atoms with Gasteiger partial charge in [-0.2, -0.15) is 0 Å². The molecule has 0 aromatic rings. The average Bonchev–Trinajstić information content (AvgIpc) is 2.10. The third-order valence-corrected chi connectivity index (χ3v) is 1.34. The molecule has 0 unspecified atom stereocenters. The first-order valence-corrected chi connectivity index (χ1v) is 4.33. The maximum atomic E-state index is 8.44. The standard InChI is InChI=1S/C9H17NO2/c1-3-5-6-7-8-9(10-11)12-4-2/h6-7,11H,3-5,8H2,1-2H3/b7-6+,10-9+. The van der Waals surface area contributed by atoms with Gasteiger partial charge < -0.3 is 9.94 Å². The Kier molecular flexibility index (Phi) is 7.44. The fraction of sp³-hybridized carbons (Fsp3) is 0.667. The second-order valence-electron chi connectivity index (χ2n) is 2.39. The summed E-state index contributed by atoms with van der Waals surface area (Å²) in [6, 6.07) is 0. The number of oxime groups is 1. The molecule has 0 aromatic carbocycles. The summed E-state index contributed by atoms with van der Waals surface area (Å²) in [5, 5.41) is 11.5. The molecule has 1 N–H and O–H groups in total. The molecular weight excluding hydrogens is 154 g/mol. The van der Waals surface area contributed by atoms with Crippen molar-refractivity contribution in [2.75, 3.05) is 6.61 Å². The Morgan fingerprint density at radius 2 is 2.17 bits per heavy atom. The van der Waals surface area contributed by atoms with Gasteiger partial charge in [0.15, 0.2) is 0 Å². The van der Waals surface area contributed by atoms with Gasteiger partial charge in [0.25, 0.3) is 0 Å². The summed E-state index contributed by atoms with van der Waals surface area (Å²) in [6.07, 6.45) is 6.78. The summed E-state index contributed by atoms with van der Waals surface area (Å²) in [7, 11) is 0. The monoisotopic (exact) mass is 171 g/mol. The van der Waals surface area contributed by atoms with Crippen LogP contribution >= 0.6 is 0 Å². The Labute approximate surface area is 73.7 Å². The van der Waals surface area contributed by atoms with E-state index in [9.17, 15) is 0 Å². The molecule has 0 rings (SSSR count). The van der Waals surface area contributed by atoms with Crippen LogP contribution in [-0.4, -0.2) is 17.7 Å². The quantitative estimate of drug-likeness (QED) is 0.227. The van der Waals surface area contributed by atoms with E-state index in [0.29, 0.717) is 18.9 Å². The Bertz CT molecular complexity index is 153. The fourth-order valence-electron chi connectivity index (χ4n) is 0.764. The highest BCUT2D eigenvalue weighted by Gasteiger charge is 1.94. The van der Waals surface area contributed by atoms with Crippen molar-refractivity contribution in [2.45, 2.75) is 33.1 Å². The van der Waals surface area contributed by atoms with Crippen LogP contribution in [0.1, 0.15) is 33.1 Å². The van der Waals surface area contributed by atoms with Crippen molar-refractivity contribution in [1.29, 1.82) is 0 Å². The van der Waals surface area contributed by atoms with E-state index in [1.807, 2.05) is 13.0 Å². The number of ether oxygens (including phenoxy) is 1. The summed E-state index contributed by atoms with van der Waals surface area (Å²) in [5.74, 6) is 0.379. The van der Waals surface area contributed by atoms with Gasteiger partial charge in [-0.05, 0) is 13.3 Å². The van der Waals surface area contributed by atoms with Gasteiger partial charge in [-0.25, -0.2) is 0 Å². The van der Waals surface area contributed by atoms with Gasteiger partial charge in [-0.3, -0.25) is 0 Å². The fourth-order valence-corrected chi connectivity index (χ4v) is 0.764. The van der Waals surface area contributed by atoms with E-state index in [0.717, 1.165) is 12.8 Å². The lowest BCUT2D eigenvalue weighted by atomic mass is 10.3. The first kappa shape index (κ1) is 11.0. The lowest BCUT2D eigenvalue weighted by Gasteiger charge is -2.00. The van der Waals surface area contributed by atoms with Crippen LogP contribution in [-0.2, 0) is 4.74 Å². The minimum Gasteiger partial charge on any atom is -0.479 e. The summed E-state index contributed by atoms with van der Waals surface area (Å²) < 4.78 is 5.02. The highest BCUT2D eigenvalue weighted by atomic mass is 16.5. The Balaban J connectivity index is 3.58. The van der Waals surface area contributed by atoms with Crippen molar-refractivity contribution in [3.05, 3.63) is 12.2 Å². The molecule has 3 nitrogen and oxygen atoms in total. The van der Waals surface area contributed by atoms with Crippen molar-refractivity contribution < 1.29 is 9.94 Å². The van der Waals surface area contributed by atoms with E-state index in [1.165, 1.54) is 0 Å². The Morgan fingerprint density at radius 1 is 1.42 bits per heavy atom. The van der Waals surface area contributed by atoms with Crippen molar-refractivity contribution >= 4 is 5.90 Å². The predicted octanol–water partition coefficient (Wildman–Crippen LogP) is 2.56. The lowest BCUT2D eigenvalue weighted by Crippen LogP contribution is -2.02. The lowest BCUT2D eigenvalue weighted by molar-refractivity contribution is 0.260. The molecule has 0 aliphatic heterocycles. The van der Waals surface area contributed by atoms with E-state index in [-0.39, 0.29) is 0 Å². The first-order chi connectivity index (χ1) is 5.85. The van der Waals surface area contributed by atoms with Crippen LogP contribution in [0.5, 0.6) is 0 Å². The minimum atomic E-state index is 0.379. The molecule has 12 heavy (non-hydrogen) atoms. The second-order valence-corrected chi connectivity index (χ2v) is 2.39. The average molecular weight is 171 g/mol. The third-order valence-electron chi connectivity index (χ3n) is 1.34. The predicted molar refractivity (Wildman–Crippen MR) is 49.5 cm³/mol. The zero-order chi connectivity index (χ0) is 9.23. The summed E-state index contributed by atoms with van der Waals surface area (Å²) >= 11 is 0. The molecule has 0 radical (unpaired) electrons. The highest BCUT2D eigenvalue weighted by Crippen LogP contribution is 1.94. The van der Waals surface area contributed by atoms with Crippen molar-refractivity contribution in [1.82, 2.24) is 0 Å². The molecule has 0 aliphatic rings. The van der Waals surface area contributed by atoms with E-state index in [4.69, 9.17) is 9.94 Å². The Morgan fingerprint density at radius 3 is 2.67 bits per heavy atom. The van der Waals surface area contributed by atoms with Crippen LogP contribution < -0.4 is 0 Å². The molecule has 0 aromatic heterocycles. The number of allylic oxidation sites excluding steroid dienone is 1. The van der Waals surface area contributed by atoms with Gasteiger partial charge in [-0.1, -0.05) is 30.7 Å². The molecule has 3 heteroatoms. The molecule has 0 saturated carbocycles. The van der Waals surface area contributed by atoms with Crippen LogP contribution in [0.15, 0.2) is 17.3 Å². The number of nitrogens with zero attached hydrogens (tertiary/aromatic N) is 1. The van der Waals surface area contributed by atoms with Crippen molar-refractivity contribution in [3.8, 4) is 0 Å². The molecular formula is C9H17NO2. The molecule has 0 bridgehead atoms. The van der Waals surface area contributed by atoms with Crippen LogP contribution in [0.3, 0.4) is 0 Å². The maximum absolute atomic E-state index is 8.44. The molecule has 0 heterocycles. The van der Waals surface area contributed by atoms with Crippen molar-refractivity contribution in [2.24, 2.45) is 5.16 Å². The largest absolute Gasteiger partial charge is 0.479 e. The third kappa shape index (κ3) is 5.77. The van der Waals surface area contributed by atoms with E-state index >= 15 is 0 Å². The molecule has 0 amide bonds. The van der Waals surface area contributed by atoms with E-state index in [1.54, 1.807) is 0 Å². The Hall–Kier alpha value is -0.990. The van der Waals surface area contributed by atoms with Crippen LogP contribution in [0.2, 0.25) is 0 Å². The molecule has 0 saturated heterocycles. The van der Waals surface area contributed by atoms with Gasteiger partial charge in [0, 0.05) is 6.42 Å². The summed E-state index contributed by atoms with van der Waals surface area (Å²) in [6.45, 7) is 4.52. The number of hydrogen-bond donors (Lipinski definition) is 1. The topological polar surface area (TPSA) is 41.8 Å². The van der Waals surface area contributed by atoms with Crippen LogP contribution in [0.4, 0.5) is 0 Å². The van der Waals surface area contributed by atoms with Gasteiger partial charge >= 0.3 is 0 Å². The number of unbranched alkanes of at least 4 members (excludes halogenated alkanes) is 1. The minimum absolute atomic E-state index is 0.379. The zero-order valence-corrected chi connectivity index (χ0v) is 7.79. The van der Waals surface area contributed by atoms with E-state index < -0.39 is 0 Å². The van der Waals surface area contributed by atoms with Gasteiger partial charge in [0.05, 0.1) is 6.61 Å². The number of hydrogen-bond acceptors (Lipinski definition) is 3.